The summed E-state index contributed by atoms with van der Waals surface area (Å²) in [5, 5.41) is 9.06. The molecule has 1 aliphatic heterocycles. The second-order valence-electron chi connectivity index (χ2n) is 7.35. The molecule has 0 amide bonds. The Morgan fingerprint density at radius 1 is 1.33 bits per heavy atom. The first-order chi connectivity index (χ1) is 14.3. The van der Waals surface area contributed by atoms with Crippen molar-refractivity contribution in [1.29, 1.82) is 5.26 Å². The van der Waals surface area contributed by atoms with Gasteiger partial charge in [0.1, 0.15) is 5.75 Å². The van der Waals surface area contributed by atoms with Crippen LogP contribution in [-0.2, 0) is 6.18 Å². The average Bonchev–Trinajstić information content (AvgIpc) is 2.74. The number of hydrogen-bond donors (Lipinski definition) is 0. The third-order valence-electron chi connectivity index (χ3n) is 5.64. The number of rotatable bonds is 5. The van der Waals surface area contributed by atoms with Crippen LogP contribution >= 0.6 is 0 Å². The van der Waals surface area contributed by atoms with Gasteiger partial charge in [-0.05, 0) is 44.9 Å². The summed E-state index contributed by atoms with van der Waals surface area (Å²) in [6, 6.07) is 5.65. The number of methoxy groups -OCH3 is 1. The molecule has 0 radical (unpaired) electrons. The summed E-state index contributed by atoms with van der Waals surface area (Å²) in [6.07, 6.45) is 0.707. The highest BCUT2D eigenvalue weighted by Crippen LogP contribution is 2.36. The molecule has 30 heavy (non-hydrogen) atoms. The van der Waals surface area contributed by atoms with Crippen LogP contribution in [0.15, 0.2) is 30.6 Å². The van der Waals surface area contributed by atoms with Crippen molar-refractivity contribution in [3.63, 3.8) is 0 Å². The van der Waals surface area contributed by atoms with Gasteiger partial charge in [0.25, 0.3) is 0 Å². The largest absolute Gasteiger partial charge is 0.495 e. The van der Waals surface area contributed by atoms with E-state index < -0.39 is 11.7 Å². The summed E-state index contributed by atoms with van der Waals surface area (Å²) in [6.45, 7) is 6.00. The first-order valence-corrected chi connectivity index (χ1v) is 9.91. The molecule has 0 spiro atoms. The fraction of sp³-hybridized carbons (Fsp3) is 0.455. The molecule has 0 saturated carbocycles. The highest BCUT2D eigenvalue weighted by atomic mass is 19.4. The van der Waals surface area contributed by atoms with E-state index in [9.17, 15) is 13.2 Å². The molecule has 1 fully saturated rings. The van der Waals surface area contributed by atoms with Crippen molar-refractivity contribution in [2.75, 3.05) is 36.5 Å². The van der Waals surface area contributed by atoms with Gasteiger partial charge in [0.05, 0.1) is 42.4 Å². The smallest absolute Gasteiger partial charge is 0.417 e. The Morgan fingerprint density at radius 2 is 2.10 bits per heavy atom. The molecule has 0 N–H and O–H groups in total. The van der Waals surface area contributed by atoms with Gasteiger partial charge in [-0.1, -0.05) is 0 Å². The quantitative estimate of drug-likeness (QED) is 0.699. The number of likely N-dealkylation sites (N-methyl/N-ethyl adjacent to an activating group) is 1. The molecule has 160 valence electrons. The molecule has 2 aromatic rings. The number of pyridine rings is 1. The Balaban J connectivity index is 1.90. The van der Waals surface area contributed by atoms with E-state index in [0.717, 1.165) is 36.7 Å². The number of halogens is 3. The number of ether oxygens (including phenoxy) is 1. The number of piperidine rings is 1. The van der Waals surface area contributed by atoms with Gasteiger partial charge in [0, 0.05) is 36.9 Å². The van der Waals surface area contributed by atoms with E-state index in [4.69, 9.17) is 10.00 Å². The molecule has 1 aromatic heterocycles. The Labute approximate surface area is 174 Å². The molecule has 1 aliphatic rings. The Kier molecular flexibility index (Phi) is 6.40. The van der Waals surface area contributed by atoms with Crippen molar-refractivity contribution < 1.29 is 17.9 Å². The van der Waals surface area contributed by atoms with Gasteiger partial charge in [-0.15, -0.1) is 0 Å². The summed E-state index contributed by atoms with van der Waals surface area (Å²) < 4.78 is 45.7. The van der Waals surface area contributed by atoms with Crippen LogP contribution in [0.2, 0.25) is 0 Å². The molecule has 0 aliphatic carbocycles. The monoisotopic (exact) mass is 418 g/mol. The standard InChI is InChI=1S/C22H25F3N4O/c1-4-29(17-8-7-16(11-26)19(10-17)22(23,24)25)18-6-5-9-28(14-18)20-12-27-13-21(30-3)15(20)2/h7-8,10,12-13,18H,4-6,9,14H2,1-3H3. The summed E-state index contributed by atoms with van der Waals surface area (Å²) in [5.74, 6) is 0.712. The number of anilines is 2. The number of aromatic nitrogens is 1. The fourth-order valence-electron chi connectivity index (χ4n) is 4.14. The predicted octanol–water partition coefficient (Wildman–Crippen LogP) is 4.78. The van der Waals surface area contributed by atoms with Crippen molar-refractivity contribution in [1.82, 2.24) is 4.98 Å². The SMILES string of the molecule is CCN(c1ccc(C#N)c(C(F)(F)F)c1)C1CCCN(c2cncc(OC)c2C)C1. The minimum atomic E-state index is -4.57. The molecule has 1 saturated heterocycles. The Hall–Kier alpha value is -2.95. The van der Waals surface area contributed by atoms with Gasteiger partial charge in [0.2, 0.25) is 0 Å². The highest BCUT2D eigenvalue weighted by Gasteiger charge is 2.35. The van der Waals surface area contributed by atoms with Crippen molar-refractivity contribution >= 4 is 11.4 Å². The third-order valence-corrected chi connectivity index (χ3v) is 5.64. The van der Waals surface area contributed by atoms with Crippen LogP contribution in [0, 0.1) is 18.3 Å². The third kappa shape index (κ3) is 4.30. The van der Waals surface area contributed by atoms with Crippen molar-refractivity contribution in [3.05, 3.63) is 47.3 Å². The maximum Gasteiger partial charge on any atom is 0.417 e. The maximum atomic E-state index is 13.4. The maximum absolute atomic E-state index is 13.4. The first-order valence-electron chi connectivity index (χ1n) is 9.91. The second kappa shape index (κ2) is 8.82. The summed E-state index contributed by atoms with van der Waals surface area (Å²) in [4.78, 5) is 8.47. The average molecular weight is 418 g/mol. The molecule has 2 heterocycles. The van der Waals surface area contributed by atoms with E-state index in [2.05, 4.69) is 9.88 Å². The molecule has 0 bridgehead atoms. The van der Waals surface area contributed by atoms with Crippen molar-refractivity contribution in [2.24, 2.45) is 0 Å². The van der Waals surface area contributed by atoms with Crippen LogP contribution in [0.4, 0.5) is 24.5 Å². The lowest BCUT2D eigenvalue weighted by atomic mass is 10.0. The second-order valence-corrected chi connectivity index (χ2v) is 7.35. The lowest BCUT2D eigenvalue weighted by Crippen LogP contribution is -2.48. The molecule has 8 heteroatoms. The molecule has 3 rings (SSSR count). The van der Waals surface area contributed by atoms with E-state index in [0.29, 0.717) is 24.5 Å². The molecule has 1 aromatic carbocycles. The number of alkyl halides is 3. The van der Waals surface area contributed by atoms with E-state index in [1.54, 1.807) is 31.6 Å². The van der Waals surface area contributed by atoms with E-state index in [1.165, 1.54) is 6.07 Å². The number of hydrogen-bond acceptors (Lipinski definition) is 5. The lowest BCUT2D eigenvalue weighted by molar-refractivity contribution is -0.137. The van der Waals surface area contributed by atoms with Gasteiger partial charge < -0.3 is 14.5 Å². The first kappa shape index (κ1) is 21.8. The Bertz CT molecular complexity index is 939. The zero-order chi connectivity index (χ0) is 21.9. The van der Waals surface area contributed by atoms with Gasteiger partial charge in [-0.2, -0.15) is 18.4 Å². The molecular formula is C22H25F3N4O. The number of benzene rings is 1. The normalized spacial score (nSPS) is 16.8. The van der Waals surface area contributed by atoms with Crippen molar-refractivity contribution in [2.45, 2.75) is 38.9 Å². The van der Waals surface area contributed by atoms with Crippen LogP contribution in [-0.4, -0.2) is 37.8 Å². The molecule has 1 atom stereocenters. The zero-order valence-corrected chi connectivity index (χ0v) is 17.3. The summed E-state index contributed by atoms with van der Waals surface area (Å²) in [7, 11) is 1.61. The van der Waals surface area contributed by atoms with E-state index in [1.807, 2.05) is 18.7 Å². The topological polar surface area (TPSA) is 52.4 Å². The van der Waals surface area contributed by atoms with Gasteiger partial charge >= 0.3 is 6.18 Å². The van der Waals surface area contributed by atoms with E-state index in [-0.39, 0.29) is 11.6 Å². The summed E-state index contributed by atoms with van der Waals surface area (Å²) >= 11 is 0. The fourth-order valence-corrected chi connectivity index (χ4v) is 4.14. The van der Waals surface area contributed by atoms with Crippen LogP contribution in [0.1, 0.15) is 36.5 Å². The van der Waals surface area contributed by atoms with Crippen LogP contribution in [0.5, 0.6) is 5.75 Å². The van der Waals surface area contributed by atoms with Crippen LogP contribution in [0.25, 0.3) is 0 Å². The molecular weight excluding hydrogens is 393 g/mol. The van der Waals surface area contributed by atoms with Gasteiger partial charge in [-0.3, -0.25) is 4.98 Å². The van der Waals surface area contributed by atoms with E-state index >= 15 is 0 Å². The lowest BCUT2D eigenvalue weighted by Gasteiger charge is -2.41. The summed E-state index contributed by atoms with van der Waals surface area (Å²) in [5.41, 5.74) is 1.21. The molecule has 1 unspecified atom stereocenters. The Morgan fingerprint density at radius 3 is 2.73 bits per heavy atom. The number of nitrogens with zero attached hydrogens (tertiary/aromatic N) is 4. The zero-order valence-electron chi connectivity index (χ0n) is 17.3. The van der Waals surface area contributed by atoms with Crippen LogP contribution in [0.3, 0.4) is 0 Å². The highest BCUT2D eigenvalue weighted by molar-refractivity contribution is 5.59. The van der Waals surface area contributed by atoms with Gasteiger partial charge in [-0.25, -0.2) is 0 Å². The number of nitriles is 1. The van der Waals surface area contributed by atoms with Gasteiger partial charge in [0.15, 0.2) is 0 Å². The predicted molar refractivity (Wildman–Crippen MR) is 110 cm³/mol. The van der Waals surface area contributed by atoms with Crippen molar-refractivity contribution in [3.8, 4) is 11.8 Å². The van der Waals surface area contributed by atoms with Crippen LogP contribution < -0.4 is 14.5 Å². The minimum absolute atomic E-state index is 0.0448. The minimum Gasteiger partial charge on any atom is -0.495 e. The molecule has 5 nitrogen and oxygen atoms in total.